The van der Waals surface area contributed by atoms with E-state index in [1.54, 1.807) is 0 Å². The van der Waals surface area contributed by atoms with Crippen LogP contribution in [0.15, 0.2) is 51.9 Å². The van der Waals surface area contributed by atoms with E-state index in [0.717, 1.165) is 10.5 Å². The molecular formula is C20H16F2N2O5S. The lowest BCUT2D eigenvalue weighted by molar-refractivity contribution is -0.145. The first-order chi connectivity index (χ1) is 14.5. The molecule has 0 bridgehead atoms. The molecule has 3 aromatic rings. The number of rotatable bonds is 7. The molecule has 1 aromatic heterocycles. The molecule has 1 atom stereocenters. The summed E-state index contributed by atoms with van der Waals surface area (Å²) in [5, 5.41) is 3.52. The summed E-state index contributed by atoms with van der Waals surface area (Å²) in [6.45, 7) is -3.13. The lowest BCUT2D eigenvalue weighted by Gasteiger charge is -2.10. The van der Waals surface area contributed by atoms with Gasteiger partial charge in [-0.25, -0.2) is 0 Å². The summed E-state index contributed by atoms with van der Waals surface area (Å²) >= 11 is 1.47. The largest absolute Gasteiger partial charge is 0.493 e. The van der Waals surface area contributed by atoms with Crippen molar-refractivity contribution >= 4 is 17.7 Å². The van der Waals surface area contributed by atoms with Crippen molar-refractivity contribution in [3.05, 3.63) is 53.9 Å². The Morgan fingerprint density at radius 1 is 1.27 bits per heavy atom. The average molecular weight is 434 g/mol. The monoisotopic (exact) mass is 434 g/mol. The average Bonchev–Trinajstić information content (AvgIpc) is 3.39. The summed E-state index contributed by atoms with van der Waals surface area (Å²) in [6.07, 6.45) is 0.613. The SMILES string of the molecule is COc1cc(-c2noc(COC(=O)C3Cc4ccccc4S3)n2)ccc1OC(F)F. The first-order valence-corrected chi connectivity index (χ1v) is 9.78. The number of hydrogen-bond acceptors (Lipinski definition) is 8. The van der Waals surface area contributed by atoms with Gasteiger partial charge >= 0.3 is 12.6 Å². The van der Waals surface area contributed by atoms with Gasteiger partial charge in [0.2, 0.25) is 5.82 Å². The highest BCUT2D eigenvalue weighted by atomic mass is 32.2. The molecule has 0 N–H and O–H groups in total. The van der Waals surface area contributed by atoms with Gasteiger partial charge < -0.3 is 18.7 Å². The van der Waals surface area contributed by atoms with Crippen molar-refractivity contribution in [1.29, 1.82) is 0 Å². The third kappa shape index (κ3) is 4.38. The van der Waals surface area contributed by atoms with E-state index < -0.39 is 6.61 Å². The van der Waals surface area contributed by atoms with Gasteiger partial charge in [0, 0.05) is 10.5 Å². The Bertz CT molecular complexity index is 1030. The zero-order valence-corrected chi connectivity index (χ0v) is 16.5. The zero-order chi connectivity index (χ0) is 21.1. The fraction of sp³-hybridized carbons (Fsp3) is 0.250. The van der Waals surface area contributed by atoms with Gasteiger partial charge in [-0.1, -0.05) is 23.4 Å². The molecule has 0 saturated heterocycles. The maximum atomic E-state index is 12.4. The van der Waals surface area contributed by atoms with Crippen LogP contribution < -0.4 is 9.47 Å². The predicted molar refractivity (Wildman–Crippen MR) is 103 cm³/mol. The number of halogens is 2. The first kappa shape index (κ1) is 20.1. The molecule has 0 amide bonds. The lowest BCUT2D eigenvalue weighted by Crippen LogP contribution is -2.19. The van der Waals surface area contributed by atoms with Gasteiger partial charge in [-0.15, -0.1) is 11.8 Å². The van der Waals surface area contributed by atoms with Crippen LogP contribution in [0.3, 0.4) is 0 Å². The smallest absolute Gasteiger partial charge is 0.387 e. The Morgan fingerprint density at radius 2 is 2.10 bits per heavy atom. The van der Waals surface area contributed by atoms with E-state index in [0.29, 0.717) is 12.0 Å². The Hall–Kier alpha value is -3.14. The fourth-order valence-electron chi connectivity index (χ4n) is 2.97. The number of carbonyl (C=O) groups excluding carboxylic acids is 1. The molecule has 0 spiro atoms. The summed E-state index contributed by atoms with van der Waals surface area (Å²) < 4.78 is 44.8. The van der Waals surface area contributed by atoms with Crippen LogP contribution in [0, 0.1) is 0 Å². The molecule has 2 aromatic carbocycles. The van der Waals surface area contributed by atoms with Crippen LogP contribution in [0.4, 0.5) is 8.78 Å². The fourth-order valence-corrected chi connectivity index (χ4v) is 4.16. The Kier molecular flexibility index (Phi) is 5.84. The summed E-state index contributed by atoms with van der Waals surface area (Å²) in [6, 6.07) is 12.1. The molecule has 0 aliphatic carbocycles. The number of methoxy groups -OCH3 is 1. The predicted octanol–water partition coefficient (Wildman–Crippen LogP) is 4.11. The van der Waals surface area contributed by atoms with E-state index in [4.69, 9.17) is 14.0 Å². The minimum Gasteiger partial charge on any atom is -0.493 e. The normalized spacial score (nSPS) is 15.1. The van der Waals surface area contributed by atoms with Crippen molar-refractivity contribution < 1.29 is 32.3 Å². The quantitative estimate of drug-likeness (QED) is 0.514. The summed E-state index contributed by atoms with van der Waals surface area (Å²) in [5.74, 6) is -0.0465. The Labute approximate surface area is 174 Å². The number of carbonyl (C=O) groups is 1. The molecule has 30 heavy (non-hydrogen) atoms. The number of ether oxygens (including phenoxy) is 3. The summed E-state index contributed by atoms with van der Waals surface area (Å²) in [4.78, 5) is 17.6. The Balaban J connectivity index is 1.38. The summed E-state index contributed by atoms with van der Waals surface area (Å²) in [5.41, 5.74) is 1.59. The number of nitrogens with zero attached hydrogens (tertiary/aromatic N) is 2. The maximum Gasteiger partial charge on any atom is 0.387 e. The maximum absolute atomic E-state index is 12.4. The highest BCUT2D eigenvalue weighted by Gasteiger charge is 2.29. The van der Waals surface area contributed by atoms with Gasteiger partial charge in [-0.05, 0) is 36.2 Å². The molecule has 2 heterocycles. The van der Waals surface area contributed by atoms with Crippen LogP contribution in [0.25, 0.3) is 11.4 Å². The molecule has 0 fully saturated rings. The van der Waals surface area contributed by atoms with Crippen molar-refractivity contribution in [2.75, 3.05) is 7.11 Å². The molecule has 1 aliphatic rings. The molecule has 0 radical (unpaired) electrons. The van der Waals surface area contributed by atoms with Gasteiger partial charge in [0.05, 0.1) is 7.11 Å². The number of thioether (sulfide) groups is 1. The van der Waals surface area contributed by atoms with Gasteiger partial charge in [-0.3, -0.25) is 4.79 Å². The number of aromatic nitrogens is 2. The molecule has 156 valence electrons. The third-order valence-electron chi connectivity index (χ3n) is 4.35. The van der Waals surface area contributed by atoms with Crippen LogP contribution in [0.1, 0.15) is 11.5 Å². The number of benzene rings is 2. The van der Waals surface area contributed by atoms with Gasteiger partial charge in [-0.2, -0.15) is 13.8 Å². The minimum atomic E-state index is -2.97. The van der Waals surface area contributed by atoms with E-state index in [9.17, 15) is 13.6 Å². The molecule has 7 nitrogen and oxygen atoms in total. The number of fused-ring (bicyclic) bond motifs is 1. The Morgan fingerprint density at radius 3 is 2.87 bits per heavy atom. The topological polar surface area (TPSA) is 83.7 Å². The molecule has 4 rings (SSSR count). The highest BCUT2D eigenvalue weighted by Crippen LogP contribution is 2.37. The third-order valence-corrected chi connectivity index (χ3v) is 5.65. The van der Waals surface area contributed by atoms with Crippen molar-refractivity contribution in [3.63, 3.8) is 0 Å². The number of alkyl halides is 2. The standard InChI is InChI=1S/C20H16F2N2O5S/c1-26-14-8-12(6-7-13(14)28-20(21)22)18-23-17(29-24-18)10-27-19(25)16-9-11-4-2-3-5-15(11)30-16/h2-8,16,20H,9-10H2,1H3. The molecule has 10 heteroatoms. The first-order valence-electron chi connectivity index (χ1n) is 8.90. The number of esters is 1. The van der Waals surface area contributed by atoms with E-state index in [-0.39, 0.29) is 41.0 Å². The van der Waals surface area contributed by atoms with Crippen molar-refractivity contribution in [2.45, 2.75) is 29.8 Å². The van der Waals surface area contributed by atoms with E-state index in [2.05, 4.69) is 14.9 Å². The van der Waals surface area contributed by atoms with Crippen LogP contribution in [-0.4, -0.2) is 35.1 Å². The highest BCUT2D eigenvalue weighted by molar-refractivity contribution is 8.01. The van der Waals surface area contributed by atoms with Crippen molar-refractivity contribution in [2.24, 2.45) is 0 Å². The second-order valence-electron chi connectivity index (χ2n) is 6.28. The van der Waals surface area contributed by atoms with E-state index in [1.807, 2.05) is 24.3 Å². The number of hydrogen-bond donors (Lipinski definition) is 0. The second kappa shape index (κ2) is 8.70. The molecular weight excluding hydrogens is 418 g/mol. The minimum absolute atomic E-state index is 0.100. The van der Waals surface area contributed by atoms with Crippen molar-refractivity contribution in [1.82, 2.24) is 10.1 Å². The van der Waals surface area contributed by atoms with Gasteiger partial charge in [0.1, 0.15) is 5.25 Å². The van der Waals surface area contributed by atoms with Gasteiger partial charge in [0.25, 0.3) is 5.89 Å². The zero-order valence-electron chi connectivity index (χ0n) is 15.7. The van der Waals surface area contributed by atoms with Crippen molar-refractivity contribution in [3.8, 4) is 22.9 Å². The van der Waals surface area contributed by atoms with E-state index >= 15 is 0 Å². The molecule has 1 unspecified atom stereocenters. The van der Waals surface area contributed by atoms with Crippen LogP contribution in [-0.2, 0) is 22.6 Å². The van der Waals surface area contributed by atoms with Crippen LogP contribution in [0.5, 0.6) is 11.5 Å². The van der Waals surface area contributed by atoms with Gasteiger partial charge in [0.15, 0.2) is 18.1 Å². The molecule has 0 saturated carbocycles. The lowest BCUT2D eigenvalue weighted by atomic mass is 10.1. The van der Waals surface area contributed by atoms with Crippen LogP contribution in [0.2, 0.25) is 0 Å². The molecule has 1 aliphatic heterocycles. The van der Waals surface area contributed by atoms with E-state index in [1.165, 1.54) is 37.1 Å². The second-order valence-corrected chi connectivity index (χ2v) is 7.53. The van der Waals surface area contributed by atoms with Crippen LogP contribution >= 0.6 is 11.8 Å². The summed E-state index contributed by atoms with van der Waals surface area (Å²) in [7, 11) is 1.33.